The molecule has 1 aromatic heterocycles. The third-order valence-electron chi connectivity index (χ3n) is 4.38. The molecule has 26 heavy (non-hydrogen) atoms. The van der Waals surface area contributed by atoms with E-state index in [0.717, 1.165) is 23.1 Å². The summed E-state index contributed by atoms with van der Waals surface area (Å²) in [7, 11) is 0. The first-order valence-electron chi connectivity index (χ1n) is 8.63. The molecule has 2 aliphatic rings. The van der Waals surface area contributed by atoms with Crippen LogP contribution in [0.5, 0.6) is 0 Å². The Hall–Kier alpha value is -2.48. The number of aromatic nitrogens is 3. The van der Waals surface area contributed by atoms with Crippen molar-refractivity contribution in [3.05, 3.63) is 41.2 Å². The fraction of sp³-hybridized carbons (Fsp3) is 0.389. The molecule has 0 N–H and O–H groups in total. The van der Waals surface area contributed by atoms with Gasteiger partial charge < -0.3 is 0 Å². The van der Waals surface area contributed by atoms with Gasteiger partial charge in [0.1, 0.15) is 0 Å². The predicted molar refractivity (Wildman–Crippen MR) is 98.5 cm³/mol. The standard InChI is InChI=1S/C18H19N5O2S/c1-11(2)9-15-19-20-18-23(15)21-12(10-26-18)7-8-22-16(24)13-5-3-4-6-14(13)17(22)25/h3-6,11H,7-10H2,1-2H3. The van der Waals surface area contributed by atoms with Crippen LogP contribution in [0.4, 0.5) is 0 Å². The van der Waals surface area contributed by atoms with Crippen LogP contribution in [-0.4, -0.2) is 49.6 Å². The van der Waals surface area contributed by atoms with Gasteiger partial charge in [-0.15, -0.1) is 10.2 Å². The minimum atomic E-state index is -0.222. The Bertz CT molecular complexity index is 883. The van der Waals surface area contributed by atoms with Crippen LogP contribution in [0.25, 0.3) is 0 Å². The van der Waals surface area contributed by atoms with Crippen molar-refractivity contribution in [2.75, 3.05) is 12.3 Å². The van der Waals surface area contributed by atoms with E-state index in [4.69, 9.17) is 0 Å². The van der Waals surface area contributed by atoms with Crippen molar-refractivity contribution in [1.29, 1.82) is 0 Å². The molecule has 0 aliphatic carbocycles. The lowest BCUT2D eigenvalue weighted by Crippen LogP contribution is -2.32. The number of benzene rings is 1. The highest BCUT2D eigenvalue weighted by molar-refractivity contribution is 7.99. The summed E-state index contributed by atoms with van der Waals surface area (Å²) in [5.74, 6) is 1.57. The van der Waals surface area contributed by atoms with Crippen molar-refractivity contribution in [1.82, 2.24) is 19.8 Å². The van der Waals surface area contributed by atoms with Crippen LogP contribution >= 0.6 is 11.8 Å². The number of thioether (sulfide) groups is 1. The Labute approximate surface area is 155 Å². The van der Waals surface area contributed by atoms with Crippen molar-refractivity contribution < 1.29 is 9.59 Å². The Morgan fingerprint density at radius 2 is 1.81 bits per heavy atom. The summed E-state index contributed by atoms with van der Waals surface area (Å²) in [4.78, 5) is 26.2. The Kier molecular flexibility index (Phi) is 4.36. The van der Waals surface area contributed by atoms with E-state index in [1.807, 2.05) is 0 Å². The molecule has 0 unspecified atom stereocenters. The molecule has 3 heterocycles. The summed E-state index contributed by atoms with van der Waals surface area (Å²) in [6, 6.07) is 6.95. The normalized spacial score (nSPS) is 16.1. The lowest BCUT2D eigenvalue weighted by molar-refractivity contribution is 0.0658. The number of fused-ring (bicyclic) bond motifs is 2. The second kappa shape index (κ2) is 6.68. The highest BCUT2D eigenvalue weighted by Gasteiger charge is 2.35. The molecule has 0 fully saturated rings. The van der Waals surface area contributed by atoms with E-state index < -0.39 is 0 Å². The van der Waals surface area contributed by atoms with Crippen molar-refractivity contribution in [2.45, 2.75) is 31.8 Å². The molecule has 0 saturated heterocycles. The molecular weight excluding hydrogens is 350 g/mol. The molecule has 2 aromatic rings. The average molecular weight is 369 g/mol. The van der Waals surface area contributed by atoms with Gasteiger partial charge in [-0.25, -0.2) is 0 Å². The van der Waals surface area contributed by atoms with Gasteiger partial charge in [0, 0.05) is 25.1 Å². The molecule has 0 bridgehead atoms. The summed E-state index contributed by atoms with van der Waals surface area (Å²) in [5.41, 5.74) is 1.90. The van der Waals surface area contributed by atoms with E-state index in [2.05, 4.69) is 29.1 Å². The molecule has 8 heteroatoms. The van der Waals surface area contributed by atoms with Crippen LogP contribution < -0.4 is 0 Å². The zero-order valence-electron chi connectivity index (χ0n) is 14.7. The highest BCUT2D eigenvalue weighted by Crippen LogP contribution is 2.25. The number of hydrogen-bond donors (Lipinski definition) is 0. The molecule has 134 valence electrons. The fourth-order valence-corrected chi connectivity index (χ4v) is 3.97. The maximum absolute atomic E-state index is 12.4. The highest BCUT2D eigenvalue weighted by atomic mass is 32.2. The lowest BCUT2D eigenvalue weighted by Gasteiger charge is -2.17. The molecule has 2 amide bonds. The van der Waals surface area contributed by atoms with E-state index in [9.17, 15) is 9.59 Å². The first kappa shape index (κ1) is 17.0. The minimum absolute atomic E-state index is 0.222. The fourth-order valence-electron chi connectivity index (χ4n) is 3.10. The third-order valence-corrected chi connectivity index (χ3v) is 5.37. The summed E-state index contributed by atoms with van der Waals surface area (Å²) < 4.78 is 1.80. The van der Waals surface area contributed by atoms with Gasteiger partial charge in [-0.2, -0.15) is 9.78 Å². The number of imide groups is 1. The van der Waals surface area contributed by atoms with E-state index in [-0.39, 0.29) is 11.8 Å². The predicted octanol–water partition coefficient (Wildman–Crippen LogP) is 2.47. The van der Waals surface area contributed by atoms with E-state index >= 15 is 0 Å². The van der Waals surface area contributed by atoms with Crippen LogP contribution in [0.3, 0.4) is 0 Å². The van der Waals surface area contributed by atoms with Crippen LogP contribution in [-0.2, 0) is 6.42 Å². The maximum Gasteiger partial charge on any atom is 0.261 e. The van der Waals surface area contributed by atoms with Crippen LogP contribution in [0, 0.1) is 5.92 Å². The summed E-state index contributed by atoms with van der Waals surface area (Å²) in [6.07, 6.45) is 1.36. The Balaban J connectivity index is 1.49. The maximum atomic E-state index is 12.4. The van der Waals surface area contributed by atoms with Gasteiger partial charge in [-0.05, 0) is 18.1 Å². The summed E-state index contributed by atoms with van der Waals surface area (Å²) in [6.45, 7) is 4.59. The van der Waals surface area contributed by atoms with Gasteiger partial charge in [0.05, 0.1) is 16.8 Å². The summed E-state index contributed by atoms with van der Waals surface area (Å²) >= 11 is 1.59. The van der Waals surface area contributed by atoms with Crippen molar-refractivity contribution >= 4 is 29.3 Å². The van der Waals surface area contributed by atoms with E-state index in [1.54, 1.807) is 40.7 Å². The van der Waals surface area contributed by atoms with Crippen molar-refractivity contribution in [3.8, 4) is 0 Å². The van der Waals surface area contributed by atoms with Gasteiger partial charge in [0.15, 0.2) is 5.82 Å². The quantitative estimate of drug-likeness (QED) is 0.757. The molecule has 0 saturated carbocycles. The molecule has 2 aliphatic heterocycles. The molecule has 4 rings (SSSR count). The van der Waals surface area contributed by atoms with Crippen LogP contribution in [0.2, 0.25) is 0 Å². The first-order valence-corrected chi connectivity index (χ1v) is 9.62. The number of carbonyl (C=O) groups excluding carboxylic acids is 2. The van der Waals surface area contributed by atoms with E-state index in [0.29, 0.717) is 35.8 Å². The minimum Gasteiger partial charge on any atom is -0.274 e. The van der Waals surface area contributed by atoms with Crippen molar-refractivity contribution in [2.24, 2.45) is 11.0 Å². The SMILES string of the molecule is CC(C)Cc1nnc2n1N=C(CCN1C(=O)c3ccccc3C1=O)CS2. The second-order valence-electron chi connectivity index (χ2n) is 6.82. The molecule has 7 nitrogen and oxygen atoms in total. The average Bonchev–Trinajstić information content (AvgIpc) is 3.13. The summed E-state index contributed by atoms with van der Waals surface area (Å²) in [5, 5.41) is 13.9. The topological polar surface area (TPSA) is 80.5 Å². The second-order valence-corrected chi connectivity index (χ2v) is 7.76. The van der Waals surface area contributed by atoms with Gasteiger partial charge >= 0.3 is 0 Å². The van der Waals surface area contributed by atoms with Gasteiger partial charge in [-0.3, -0.25) is 14.5 Å². The number of carbonyl (C=O) groups is 2. The van der Waals surface area contributed by atoms with Gasteiger partial charge in [-0.1, -0.05) is 37.7 Å². The number of hydrogen-bond acceptors (Lipinski definition) is 6. The monoisotopic (exact) mass is 369 g/mol. The molecular formula is C18H19N5O2S. The zero-order chi connectivity index (χ0) is 18.3. The van der Waals surface area contributed by atoms with Crippen LogP contribution in [0.1, 0.15) is 46.8 Å². The number of amides is 2. The molecule has 0 atom stereocenters. The van der Waals surface area contributed by atoms with Crippen LogP contribution in [0.15, 0.2) is 34.5 Å². The molecule has 1 aromatic carbocycles. The Morgan fingerprint density at radius 3 is 2.46 bits per heavy atom. The van der Waals surface area contributed by atoms with Gasteiger partial charge in [0.2, 0.25) is 5.16 Å². The van der Waals surface area contributed by atoms with Crippen molar-refractivity contribution in [3.63, 3.8) is 0 Å². The number of rotatable bonds is 5. The Morgan fingerprint density at radius 1 is 1.12 bits per heavy atom. The zero-order valence-corrected chi connectivity index (χ0v) is 15.5. The van der Waals surface area contributed by atoms with E-state index in [1.165, 1.54) is 4.90 Å². The largest absolute Gasteiger partial charge is 0.274 e. The van der Waals surface area contributed by atoms with Gasteiger partial charge in [0.25, 0.3) is 11.8 Å². The number of nitrogens with zero attached hydrogens (tertiary/aromatic N) is 5. The molecule has 0 radical (unpaired) electrons. The first-order chi connectivity index (χ1) is 12.5. The third kappa shape index (κ3) is 2.94. The smallest absolute Gasteiger partial charge is 0.261 e. The lowest BCUT2D eigenvalue weighted by atomic mass is 10.1. The molecule has 0 spiro atoms.